The van der Waals surface area contributed by atoms with E-state index in [4.69, 9.17) is 0 Å². The number of fused-ring (bicyclic) bond motifs is 3. The van der Waals surface area contributed by atoms with Crippen molar-refractivity contribution < 1.29 is 0 Å². The molecule has 0 aliphatic heterocycles. The van der Waals surface area contributed by atoms with E-state index in [9.17, 15) is 4.79 Å². The minimum atomic E-state index is -0.0154. The predicted octanol–water partition coefficient (Wildman–Crippen LogP) is 3.14. The Morgan fingerprint density at radius 3 is 2.60 bits per heavy atom. The van der Waals surface area contributed by atoms with Gasteiger partial charge in [0.25, 0.3) is 5.56 Å². The number of hydrogen-bond acceptors (Lipinski definition) is 3. The molecule has 0 aliphatic carbocycles. The molecule has 20 heavy (non-hydrogen) atoms. The SMILES string of the molecule is Cc1ccc2ncc3c(=O)n(C(C)C)c(C)nc3c2c1. The molecule has 3 aromatic rings. The van der Waals surface area contributed by atoms with Crippen LogP contribution in [-0.2, 0) is 0 Å². The fourth-order valence-corrected chi connectivity index (χ4v) is 2.67. The monoisotopic (exact) mass is 267 g/mol. The fraction of sp³-hybridized carbons (Fsp3) is 0.312. The van der Waals surface area contributed by atoms with Crippen molar-refractivity contribution in [2.75, 3.05) is 0 Å². The molecule has 0 saturated carbocycles. The second-order valence-electron chi connectivity index (χ2n) is 5.47. The fourth-order valence-electron chi connectivity index (χ4n) is 2.67. The molecule has 0 fully saturated rings. The first-order valence-electron chi connectivity index (χ1n) is 6.77. The Hall–Kier alpha value is -2.23. The molecule has 102 valence electrons. The highest BCUT2D eigenvalue weighted by Gasteiger charge is 2.13. The molecule has 4 heteroatoms. The quantitative estimate of drug-likeness (QED) is 0.636. The maximum absolute atomic E-state index is 12.6. The summed E-state index contributed by atoms with van der Waals surface area (Å²) >= 11 is 0. The van der Waals surface area contributed by atoms with Gasteiger partial charge in [-0.05, 0) is 39.8 Å². The van der Waals surface area contributed by atoms with Gasteiger partial charge in [-0.15, -0.1) is 0 Å². The topological polar surface area (TPSA) is 47.8 Å². The molecule has 4 nitrogen and oxygen atoms in total. The van der Waals surface area contributed by atoms with E-state index < -0.39 is 0 Å². The van der Waals surface area contributed by atoms with Crippen molar-refractivity contribution in [3.63, 3.8) is 0 Å². The lowest BCUT2D eigenvalue weighted by Gasteiger charge is -2.14. The van der Waals surface area contributed by atoms with Crippen molar-refractivity contribution in [1.82, 2.24) is 14.5 Å². The standard InChI is InChI=1S/C16H17N3O/c1-9(2)19-11(4)18-15-12-7-10(3)5-6-14(12)17-8-13(15)16(19)20/h5-9H,1-4H3. The summed E-state index contributed by atoms with van der Waals surface area (Å²) in [6, 6.07) is 6.11. The number of pyridine rings is 1. The van der Waals surface area contributed by atoms with Crippen LogP contribution in [0.4, 0.5) is 0 Å². The van der Waals surface area contributed by atoms with Crippen LogP contribution in [0.1, 0.15) is 31.3 Å². The third-order valence-electron chi connectivity index (χ3n) is 3.58. The molecule has 0 radical (unpaired) electrons. The van der Waals surface area contributed by atoms with Gasteiger partial charge >= 0.3 is 0 Å². The first kappa shape index (κ1) is 12.8. The highest BCUT2D eigenvalue weighted by atomic mass is 16.1. The van der Waals surface area contributed by atoms with Gasteiger partial charge in [-0.1, -0.05) is 11.6 Å². The highest BCUT2D eigenvalue weighted by molar-refractivity contribution is 6.02. The Morgan fingerprint density at radius 2 is 1.90 bits per heavy atom. The molecule has 0 unspecified atom stereocenters. The van der Waals surface area contributed by atoms with Gasteiger partial charge in [0.05, 0.1) is 16.4 Å². The zero-order valence-corrected chi connectivity index (χ0v) is 12.1. The van der Waals surface area contributed by atoms with E-state index in [0.29, 0.717) is 5.39 Å². The summed E-state index contributed by atoms with van der Waals surface area (Å²) in [6.07, 6.45) is 1.64. The second-order valence-corrected chi connectivity index (χ2v) is 5.47. The number of benzene rings is 1. The van der Waals surface area contributed by atoms with Crippen molar-refractivity contribution >= 4 is 21.8 Å². The molecular weight excluding hydrogens is 250 g/mol. The van der Waals surface area contributed by atoms with Crippen molar-refractivity contribution in [2.45, 2.75) is 33.7 Å². The molecular formula is C16H17N3O. The normalized spacial score (nSPS) is 11.7. The van der Waals surface area contributed by atoms with Gasteiger partial charge < -0.3 is 0 Å². The maximum atomic E-state index is 12.6. The maximum Gasteiger partial charge on any atom is 0.263 e. The van der Waals surface area contributed by atoms with Gasteiger partial charge in [0.15, 0.2) is 0 Å². The molecule has 1 aromatic carbocycles. The summed E-state index contributed by atoms with van der Waals surface area (Å²) < 4.78 is 1.71. The minimum absolute atomic E-state index is 0.0154. The summed E-state index contributed by atoms with van der Waals surface area (Å²) in [5, 5.41) is 1.53. The zero-order valence-electron chi connectivity index (χ0n) is 12.1. The number of nitrogens with zero attached hydrogens (tertiary/aromatic N) is 3. The van der Waals surface area contributed by atoms with Gasteiger partial charge in [-0.3, -0.25) is 14.3 Å². The number of rotatable bonds is 1. The number of hydrogen-bond donors (Lipinski definition) is 0. The molecule has 0 aliphatic rings. The van der Waals surface area contributed by atoms with Crippen LogP contribution in [0.3, 0.4) is 0 Å². The lowest BCUT2D eigenvalue weighted by Crippen LogP contribution is -2.25. The van der Waals surface area contributed by atoms with Crippen LogP contribution >= 0.6 is 0 Å². The van der Waals surface area contributed by atoms with E-state index in [0.717, 1.165) is 27.8 Å². The largest absolute Gasteiger partial charge is 0.294 e. The highest BCUT2D eigenvalue weighted by Crippen LogP contribution is 2.21. The first-order valence-corrected chi connectivity index (χ1v) is 6.77. The summed E-state index contributed by atoms with van der Waals surface area (Å²) in [5.41, 5.74) is 2.74. The first-order chi connectivity index (χ1) is 9.49. The van der Waals surface area contributed by atoms with Gasteiger partial charge in [0.2, 0.25) is 0 Å². The molecule has 2 aromatic heterocycles. The van der Waals surface area contributed by atoms with Crippen LogP contribution in [0.5, 0.6) is 0 Å². The van der Waals surface area contributed by atoms with E-state index in [2.05, 4.69) is 9.97 Å². The van der Waals surface area contributed by atoms with Gasteiger partial charge in [0.1, 0.15) is 5.82 Å². The van der Waals surface area contributed by atoms with Crippen molar-refractivity contribution in [1.29, 1.82) is 0 Å². The van der Waals surface area contributed by atoms with Gasteiger partial charge in [-0.2, -0.15) is 0 Å². The molecule has 0 spiro atoms. The Balaban J connectivity index is 2.53. The molecule has 0 amide bonds. The van der Waals surface area contributed by atoms with Crippen LogP contribution in [0.2, 0.25) is 0 Å². The van der Waals surface area contributed by atoms with E-state index in [-0.39, 0.29) is 11.6 Å². The summed E-state index contributed by atoms with van der Waals surface area (Å²) in [7, 11) is 0. The molecule has 0 atom stereocenters. The Bertz CT molecular complexity index is 878. The zero-order chi connectivity index (χ0) is 14.4. The van der Waals surface area contributed by atoms with Gasteiger partial charge in [-0.25, -0.2) is 4.98 Å². The van der Waals surface area contributed by atoms with Gasteiger partial charge in [0, 0.05) is 17.6 Å². The van der Waals surface area contributed by atoms with Crippen LogP contribution in [0, 0.1) is 13.8 Å². The van der Waals surface area contributed by atoms with Crippen LogP contribution in [-0.4, -0.2) is 14.5 Å². The average Bonchev–Trinajstić information content (AvgIpc) is 2.38. The lowest BCUT2D eigenvalue weighted by molar-refractivity contribution is 0.555. The number of aryl methyl sites for hydroxylation is 2. The second kappa shape index (κ2) is 4.40. The van der Waals surface area contributed by atoms with E-state index in [1.165, 1.54) is 0 Å². The van der Waals surface area contributed by atoms with Crippen LogP contribution < -0.4 is 5.56 Å². The summed E-state index contributed by atoms with van der Waals surface area (Å²) in [5.74, 6) is 0.742. The third-order valence-corrected chi connectivity index (χ3v) is 3.58. The Morgan fingerprint density at radius 1 is 1.15 bits per heavy atom. The third kappa shape index (κ3) is 1.80. The molecule has 0 bridgehead atoms. The van der Waals surface area contributed by atoms with Crippen LogP contribution in [0.15, 0.2) is 29.2 Å². The Labute approximate surface area is 117 Å². The Kier molecular flexibility index (Phi) is 2.82. The molecule has 2 heterocycles. The van der Waals surface area contributed by atoms with Crippen molar-refractivity contribution in [2.24, 2.45) is 0 Å². The lowest BCUT2D eigenvalue weighted by atomic mass is 10.1. The predicted molar refractivity (Wildman–Crippen MR) is 81.2 cm³/mol. The van der Waals surface area contributed by atoms with E-state index in [1.54, 1.807) is 10.8 Å². The van der Waals surface area contributed by atoms with Crippen molar-refractivity contribution in [3.8, 4) is 0 Å². The average molecular weight is 267 g/mol. The molecule has 0 saturated heterocycles. The van der Waals surface area contributed by atoms with E-state index in [1.807, 2.05) is 45.9 Å². The molecule has 0 N–H and O–H groups in total. The van der Waals surface area contributed by atoms with Crippen molar-refractivity contribution in [3.05, 3.63) is 46.1 Å². The summed E-state index contributed by atoms with van der Waals surface area (Å²) in [4.78, 5) is 21.6. The molecule has 3 rings (SSSR count). The minimum Gasteiger partial charge on any atom is -0.294 e. The van der Waals surface area contributed by atoms with E-state index >= 15 is 0 Å². The smallest absolute Gasteiger partial charge is 0.263 e. The number of aromatic nitrogens is 3. The summed E-state index contributed by atoms with van der Waals surface area (Å²) in [6.45, 7) is 7.88. The van der Waals surface area contributed by atoms with Crippen LogP contribution in [0.25, 0.3) is 21.8 Å².